The second kappa shape index (κ2) is 9.23. The molecule has 3 aliphatic heterocycles. The van der Waals surface area contributed by atoms with Crippen molar-refractivity contribution in [2.24, 2.45) is 11.8 Å². The van der Waals surface area contributed by atoms with E-state index in [1.807, 2.05) is 6.07 Å². The number of fused-ring (bicyclic) bond motifs is 4. The smallest absolute Gasteiger partial charge is 0.237 e. The third-order valence-corrected chi connectivity index (χ3v) is 8.22. The lowest BCUT2D eigenvalue weighted by Gasteiger charge is -2.41. The Hall–Kier alpha value is -2.57. The maximum absolute atomic E-state index is 13.6. The van der Waals surface area contributed by atoms with Crippen LogP contribution in [0.3, 0.4) is 0 Å². The second-order valence-electron chi connectivity index (χ2n) is 10.5. The summed E-state index contributed by atoms with van der Waals surface area (Å²) in [6.07, 6.45) is 4.30. The zero-order valence-corrected chi connectivity index (χ0v) is 20.0. The molecule has 2 bridgehead atoms. The topological polar surface area (TPSA) is 54.0 Å². The molecule has 2 aromatic rings. The van der Waals surface area contributed by atoms with Crippen LogP contribution in [-0.4, -0.2) is 54.2 Å². The number of hydrogen-bond donors (Lipinski definition) is 1. The molecule has 1 saturated carbocycles. The molecular weight excluding hydrogens is 426 g/mol. The van der Waals surface area contributed by atoms with E-state index >= 15 is 0 Å². The average molecular weight is 462 g/mol. The Morgan fingerprint density at radius 3 is 2.59 bits per heavy atom. The van der Waals surface area contributed by atoms with Gasteiger partial charge in [0.05, 0.1) is 6.04 Å². The van der Waals surface area contributed by atoms with E-state index in [1.54, 1.807) is 0 Å². The van der Waals surface area contributed by atoms with E-state index in [4.69, 9.17) is 9.47 Å². The predicted molar refractivity (Wildman–Crippen MR) is 131 cm³/mol. The molecule has 0 aromatic heterocycles. The minimum Gasteiger partial charge on any atom is -0.454 e. The van der Waals surface area contributed by atoms with Gasteiger partial charge < -0.3 is 14.8 Å². The number of benzene rings is 2. The van der Waals surface area contributed by atoms with Gasteiger partial charge in [0, 0.05) is 32.2 Å². The van der Waals surface area contributed by atoms with Crippen LogP contribution in [0.25, 0.3) is 0 Å². The SMILES string of the molecule is CCCN1Cc2ccccc2CC1C(=O)NC1C2CCC1CN(Cc1ccc3c(c1)OCO3)C2. The Morgan fingerprint density at radius 2 is 1.79 bits per heavy atom. The first kappa shape index (κ1) is 21.9. The van der Waals surface area contributed by atoms with Gasteiger partial charge in [0.1, 0.15) is 0 Å². The lowest BCUT2D eigenvalue weighted by molar-refractivity contribution is -0.128. The molecule has 1 aliphatic carbocycles. The molecule has 0 radical (unpaired) electrons. The minimum atomic E-state index is -0.0547. The standard InChI is InChI=1S/C28H35N3O3/c1-2-11-31-17-21-6-4-3-5-20(21)13-24(31)28(32)29-27-22-8-9-23(27)16-30(15-22)14-19-7-10-25-26(12-19)34-18-33-25/h3-7,10,12,22-24,27H,2,8-9,11,13-18H2,1H3,(H,29,32). The molecule has 2 aromatic carbocycles. The van der Waals surface area contributed by atoms with Crippen molar-refractivity contribution in [3.63, 3.8) is 0 Å². The summed E-state index contributed by atoms with van der Waals surface area (Å²) < 4.78 is 11.0. The van der Waals surface area contributed by atoms with Crippen LogP contribution in [0.4, 0.5) is 0 Å². The van der Waals surface area contributed by atoms with Gasteiger partial charge in [0.2, 0.25) is 12.7 Å². The van der Waals surface area contributed by atoms with Crippen LogP contribution >= 0.6 is 0 Å². The van der Waals surface area contributed by atoms with Crippen LogP contribution < -0.4 is 14.8 Å². The van der Waals surface area contributed by atoms with E-state index in [0.717, 1.165) is 57.1 Å². The highest BCUT2D eigenvalue weighted by molar-refractivity contribution is 5.83. The summed E-state index contributed by atoms with van der Waals surface area (Å²) in [6.45, 7) is 7.37. The summed E-state index contributed by atoms with van der Waals surface area (Å²) in [6, 6.07) is 15.1. The zero-order chi connectivity index (χ0) is 23.1. The van der Waals surface area contributed by atoms with Gasteiger partial charge >= 0.3 is 0 Å². The van der Waals surface area contributed by atoms with Crippen molar-refractivity contribution >= 4 is 5.91 Å². The van der Waals surface area contributed by atoms with Gasteiger partial charge in [-0.05, 0) is 72.9 Å². The number of piperidine rings is 1. The molecule has 3 heterocycles. The largest absolute Gasteiger partial charge is 0.454 e. The number of rotatable bonds is 6. The summed E-state index contributed by atoms with van der Waals surface area (Å²) in [7, 11) is 0. The van der Waals surface area contributed by atoms with Crippen molar-refractivity contribution in [2.75, 3.05) is 26.4 Å². The molecule has 2 fully saturated rings. The average Bonchev–Trinajstić information content (AvgIpc) is 3.39. The van der Waals surface area contributed by atoms with Crippen molar-refractivity contribution in [3.05, 3.63) is 59.2 Å². The van der Waals surface area contributed by atoms with Crippen molar-refractivity contribution in [2.45, 2.75) is 57.8 Å². The highest BCUT2D eigenvalue weighted by atomic mass is 16.7. The molecule has 4 aliphatic rings. The molecule has 0 spiro atoms. The van der Waals surface area contributed by atoms with Gasteiger partial charge in [-0.2, -0.15) is 0 Å². The third-order valence-electron chi connectivity index (χ3n) is 8.22. The molecule has 34 heavy (non-hydrogen) atoms. The summed E-state index contributed by atoms with van der Waals surface area (Å²) in [5.41, 5.74) is 3.97. The molecule has 6 nitrogen and oxygen atoms in total. The van der Waals surface area contributed by atoms with Gasteiger partial charge in [0.15, 0.2) is 11.5 Å². The molecule has 6 heteroatoms. The minimum absolute atomic E-state index is 0.0547. The first-order chi connectivity index (χ1) is 16.7. The lowest BCUT2D eigenvalue weighted by atomic mass is 9.89. The van der Waals surface area contributed by atoms with Crippen LogP contribution in [0.15, 0.2) is 42.5 Å². The van der Waals surface area contributed by atoms with Crippen LogP contribution in [-0.2, 0) is 24.3 Å². The molecule has 6 rings (SSSR count). The number of carbonyl (C=O) groups is 1. The van der Waals surface area contributed by atoms with E-state index in [1.165, 1.54) is 29.5 Å². The highest BCUT2D eigenvalue weighted by Gasteiger charge is 2.44. The fourth-order valence-electron chi connectivity index (χ4n) is 6.60. The van der Waals surface area contributed by atoms with Gasteiger partial charge in [-0.15, -0.1) is 0 Å². The Labute approximate surface area is 202 Å². The normalized spacial score (nSPS) is 28.0. The van der Waals surface area contributed by atoms with Gasteiger partial charge in [-0.25, -0.2) is 0 Å². The van der Waals surface area contributed by atoms with Crippen LogP contribution in [0.1, 0.15) is 42.9 Å². The van der Waals surface area contributed by atoms with Crippen LogP contribution in [0.5, 0.6) is 11.5 Å². The van der Waals surface area contributed by atoms with E-state index in [2.05, 4.69) is 58.4 Å². The Bertz CT molecular complexity index is 1040. The van der Waals surface area contributed by atoms with E-state index in [9.17, 15) is 4.79 Å². The molecular formula is C28H35N3O3. The number of nitrogens with one attached hydrogen (secondary N) is 1. The Balaban J connectivity index is 1.10. The number of carbonyl (C=O) groups excluding carboxylic acids is 1. The summed E-state index contributed by atoms with van der Waals surface area (Å²) >= 11 is 0. The van der Waals surface area contributed by atoms with Gasteiger partial charge in [0.25, 0.3) is 0 Å². The lowest BCUT2D eigenvalue weighted by Crippen LogP contribution is -2.57. The first-order valence-electron chi connectivity index (χ1n) is 12.9. The Morgan fingerprint density at radius 1 is 1.03 bits per heavy atom. The fraction of sp³-hybridized carbons (Fsp3) is 0.536. The molecule has 3 unspecified atom stereocenters. The molecule has 1 saturated heterocycles. The molecule has 1 amide bonds. The molecule has 1 N–H and O–H groups in total. The molecule has 3 atom stereocenters. The van der Waals surface area contributed by atoms with E-state index < -0.39 is 0 Å². The van der Waals surface area contributed by atoms with Crippen LogP contribution in [0, 0.1) is 11.8 Å². The summed E-state index contributed by atoms with van der Waals surface area (Å²) in [5.74, 6) is 2.99. The Kier molecular flexibility index (Phi) is 5.95. The first-order valence-corrected chi connectivity index (χ1v) is 12.9. The van der Waals surface area contributed by atoms with Crippen molar-refractivity contribution in [1.29, 1.82) is 0 Å². The van der Waals surface area contributed by atoms with Crippen molar-refractivity contribution < 1.29 is 14.3 Å². The maximum Gasteiger partial charge on any atom is 0.237 e. The number of likely N-dealkylation sites (tertiary alicyclic amines) is 1. The zero-order valence-electron chi connectivity index (χ0n) is 20.0. The van der Waals surface area contributed by atoms with Gasteiger partial charge in [-0.3, -0.25) is 14.6 Å². The quantitative estimate of drug-likeness (QED) is 0.713. The van der Waals surface area contributed by atoms with Crippen LogP contribution in [0.2, 0.25) is 0 Å². The van der Waals surface area contributed by atoms with E-state index in [-0.39, 0.29) is 11.9 Å². The highest BCUT2D eigenvalue weighted by Crippen LogP contribution is 2.39. The van der Waals surface area contributed by atoms with E-state index in [0.29, 0.717) is 24.7 Å². The monoisotopic (exact) mass is 461 g/mol. The maximum atomic E-state index is 13.6. The predicted octanol–water partition coefficient (Wildman–Crippen LogP) is 3.58. The number of ether oxygens (including phenoxy) is 2. The van der Waals surface area contributed by atoms with Crippen molar-refractivity contribution in [1.82, 2.24) is 15.1 Å². The fourth-order valence-corrected chi connectivity index (χ4v) is 6.60. The number of nitrogens with zero attached hydrogens (tertiary/aromatic N) is 2. The molecule has 180 valence electrons. The van der Waals surface area contributed by atoms with Gasteiger partial charge in [-0.1, -0.05) is 37.3 Å². The number of hydrogen-bond acceptors (Lipinski definition) is 5. The summed E-state index contributed by atoms with van der Waals surface area (Å²) in [5, 5.41) is 3.54. The number of amides is 1. The second-order valence-corrected chi connectivity index (χ2v) is 10.5. The summed E-state index contributed by atoms with van der Waals surface area (Å²) in [4.78, 5) is 18.5. The third kappa shape index (κ3) is 4.18. The van der Waals surface area contributed by atoms with Crippen molar-refractivity contribution in [3.8, 4) is 11.5 Å².